The van der Waals surface area contributed by atoms with Gasteiger partial charge in [-0.2, -0.15) is 0 Å². The minimum Gasteiger partial charge on any atom is -0.493 e. The summed E-state index contributed by atoms with van der Waals surface area (Å²) in [5.74, 6) is 2.00. The van der Waals surface area contributed by atoms with Crippen LogP contribution in [0.15, 0.2) is 66.7 Å². The monoisotopic (exact) mass is 646 g/mol. The first-order valence-corrected chi connectivity index (χ1v) is 16.8. The Hall–Kier alpha value is -4.28. The molecular formula is C37H50N4O6. The molecule has 47 heavy (non-hydrogen) atoms. The van der Waals surface area contributed by atoms with Crippen LogP contribution in [0.4, 0.5) is 16.2 Å². The topological polar surface area (TPSA) is 113 Å². The molecule has 0 aromatic heterocycles. The molecule has 4 rings (SSSR count). The number of aliphatic hydroxyl groups excluding tert-OH is 1. The average Bonchev–Trinajstić information content (AvgIpc) is 3.10. The van der Waals surface area contributed by atoms with Gasteiger partial charge in [0.1, 0.15) is 17.6 Å². The standard InChI is InChI=1S/C37H50N4O6/c1-5-8-21-40-22-19-33(20-23-40)46-31-14-9-27(10-15-31)36(43)41(24-25-42)30-12-16-32(17-13-30)47-34-18-11-29(26-35(34)45-4)39-37(44)38-28(6-2)7-3/h9-18,26,28,33,42H,5-8,19-25H2,1-4H3,(H2,38,39,44). The van der Waals surface area contributed by atoms with E-state index in [-0.39, 0.29) is 37.2 Å². The molecule has 1 fully saturated rings. The first-order valence-electron chi connectivity index (χ1n) is 16.8. The molecule has 10 nitrogen and oxygen atoms in total. The Labute approximate surface area is 279 Å². The van der Waals surface area contributed by atoms with Gasteiger partial charge in [0.05, 0.1) is 13.7 Å². The fourth-order valence-electron chi connectivity index (χ4n) is 5.60. The van der Waals surface area contributed by atoms with Crippen molar-refractivity contribution in [2.45, 2.75) is 71.4 Å². The van der Waals surface area contributed by atoms with Gasteiger partial charge in [-0.3, -0.25) is 4.79 Å². The number of likely N-dealkylation sites (tertiary alicyclic amines) is 1. The fourth-order valence-corrected chi connectivity index (χ4v) is 5.60. The van der Waals surface area contributed by atoms with Crippen molar-refractivity contribution >= 4 is 23.3 Å². The van der Waals surface area contributed by atoms with Crippen molar-refractivity contribution < 1.29 is 28.9 Å². The van der Waals surface area contributed by atoms with Crippen molar-refractivity contribution in [2.24, 2.45) is 0 Å². The Morgan fingerprint density at radius 1 is 0.936 bits per heavy atom. The Kier molecular flexibility index (Phi) is 13.7. The number of ether oxygens (including phenoxy) is 3. The van der Waals surface area contributed by atoms with E-state index in [0.29, 0.717) is 34.2 Å². The Morgan fingerprint density at radius 3 is 2.23 bits per heavy atom. The number of amides is 3. The van der Waals surface area contributed by atoms with Crippen molar-refractivity contribution in [3.63, 3.8) is 0 Å². The fraction of sp³-hybridized carbons (Fsp3) is 0.459. The van der Waals surface area contributed by atoms with E-state index in [0.717, 1.165) is 51.1 Å². The second kappa shape index (κ2) is 18.2. The van der Waals surface area contributed by atoms with Crippen LogP contribution in [0.2, 0.25) is 0 Å². The number of nitrogens with one attached hydrogen (secondary N) is 2. The smallest absolute Gasteiger partial charge is 0.319 e. The summed E-state index contributed by atoms with van der Waals surface area (Å²) in [6, 6.07) is 19.3. The molecule has 0 spiro atoms. The number of hydrogen-bond acceptors (Lipinski definition) is 7. The summed E-state index contributed by atoms with van der Waals surface area (Å²) in [6.45, 7) is 9.50. The van der Waals surface area contributed by atoms with Crippen LogP contribution in [0, 0.1) is 0 Å². The van der Waals surface area contributed by atoms with Crippen LogP contribution in [-0.2, 0) is 0 Å². The molecule has 3 aromatic carbocycles. The summed E-state index contributed by atoms with van der Waals surface area (Å²) in [5, 5.41) is 15.5. The first-order chi connectivity index (χ1) is 22.9. The van der Waals surface area contributed by atoms with E-state index in [9.17, 15) is 14.7 Å². The molecule has 0 atom stereocenters. The lowest BCUT2D eigenvalue weighted by Crippen LogP contribution is -2.38. The van der Waals surface area contributed by atoms with Crippen LogP contribution in [0.25, 0.3) is 0 Å². The zero-order chi connectivity index (χ0) is 33.6. The highest BCUT2D eigenvalue weighted by Crippen LogP contribution is 2.35. The molecule has 1 aliphatic rings. The van der Waals surface area contributed by atoms with Crippen LogP contribution < -0.4 is 29.7 Å². The summed E-state index contributed by atoms with van der Waals surface area (Å²) >= 11 is 0. The minimum absolute atomic E-state index is 0.111. The first kappa shape index (κ1) is 35.6. The molecule has 0 saturated carbocycles. The summed E-state index contributed by atoms with van der Waals surface area (Å²) in [7, 11) is 1.54. The van der Waals surface area contributed by atoms with Gasteiger partial charge in [-0.25, -0.2) is 4.79 Å². The highest BCUT2D eigenvalue weighted by atomic mass is 16.5. The summed E-state index contributed by atoms with van der Waals surface area (Å²) in [5.41, 5.74) is 1.71. The predicted octanol–water partition coefficient (Wildman–Crippen LogP) is 7.08. The third-order valence-electron chi connectivity index (χ3n) is 8.45. The van der Waals surface area contributed by atoms with Crippen molar-refractivity contribution in [2.75, 3.05) is 50.1 Å². The average molecular weight is 647 g/mol. The van der Waals surface area contributed by atoms with Crippen molar-refractivity contribution in [3.05, 3.63) is 72.3 Å². The molecule has 1 heterocycles. The van der Waals surface area contributed by atoms with Gasteiger partial charge in [0.2, 0.25) is 0 Å². The molecule has 0 unspecified atom stereocenters. The maximum absolute atomic E-state index is 13.5. The van der Waals surface area contributed by atoms with E-state index in [1.807, 2.05) is 26.0 Å². The van der Waals surface area contributed by atoms with Gasteiger partial charge < -0.3 is 39.8 Å². The predicted molar refractivity (Wildman–Crippen MR) is 186 cm³/mol. The summed E-state index contributed by atoms with van der Waals surface area (Å²) in [6.07, 6.45) is 6.33. The number of urea groups is 1. The minimum atomic E-state index is -0.273. The molecule has 0 bridgehead atoms. The molecule has 0 radical (unpaired) electrons. The lowest BCUT2D eigenvalue weighted by molar-refractivity contribution is 0.0978. The number of piperidine rings is 1. The normalized spacial score (nSPS) is 13.7. The molecule has 3 aromatic rings. The third-order valence-corrected chi connectivity index (χ3v) is 8.45. The number of benzene rings is 3. The lowest BCUT2D eigenvalue weighted by atomic mass is 10.1. The number of carbonyl (C=O) groups excluding carboxylic acids is 2. The van der Waals surface area contributed by atoms with Crippen LogP contribution in [0.3, 0.4) is 0 Å². The Bertz CT molecular complexity index is 1400. The van der Waals surface area contributed by atoms with Gasteiger partial charge in [0.25, 0.3) is 5.91 Å². The number of methoxy groups -OCH3 is 1. The van der Waals surface area contributed by atoms with Crippen LogP contribution in [0.5, 0.6) is 23.0 Å². The lowest BCUT2D eigenvalue weighted by Gasteiger charge is -2.32. The number of anilines is 2. The Morgan fingerprint density at radius 2 is 1.62 bits per heavy atom. The number of carbonyl (C=O) groups is 2. The van der Waals surface area contributed by atoms with Gasteiger partial charge in [-0.05, 0) is 99.3 Å². The molecule has 10 heteroatoms. The van der Waals surface area contributed by atoms with Crippen LogP contribution >= 0.6 is 0 Å². The largest absolute Gasteiger partial charge is 0.493 e. The van der Waals surface area contributed by atoms with E-state index >= 15 is 0 Å². The number of rotatable bonds is 16. The van der Waals surface area contributed by atoms with Gasteiger partial charge in [-0.1, -0.05) is 27.2 Å². The quantitative estimate of drug-likeness (QED) is 0.152. The van der Waals surface area contributed by atoms with Crippen molar-refractivity contribution in [1.29, 1.82) is 0 Å². The van der Waals surface area contributed by atoms with E-state index < -0.39 is 0 Å². The highest BCUT2D eigenvalue weighted by Gasteiger charge is 2.21. The zero-order valence-electron chi connectivity index (χ0n) is 28.2. The number of nitrogens with zero attached hydrogens (tertiary/aromatic N) is 2. The maximum atomic E-state index is 13.5. The molecule has 3 N–H and O–H groups in total. The molecule has 3 amide bonds. The van der Waals surface area contributed by atoms with E-state index in [4.69, 9.17) is 14.2 Å². The molecular weight excluding hydrogens is 596 g/mol. The Balaban J connectivity index is 1.36. The van der Waals surface area contributed by atoms with E-state index in [2.05, 4.69) is 22.5 Å². The van der Waals surface area contributed by atoms with Crippen LogP contribution in [0.1, 0.15) is 69.7 Å². The van der Waals surface area contributed by atoms with Gasteiger partial charge >= 0.3 is 6.03 Å². The van der Waals surface area contributed by atoms with Crippen molar-refractivity contribution in [3.8, 4) is 23.0 Å². The summed E-state index contributed by atoms with van der Waals surface area (Å²) < 4.78 is 17.8. The van der Waals surface area contributed by atoms with E-state index in [1.165, 1.54) is 20.0 Å². The zero-order valence-corrected chi connectivity index (χ0v) is 28.2. The second-order valence-electron chi connectivity index (χ2n) is 11.8. The number of hydrogen-bond donors (Lipinski definition) is 3. The van der Waals surface area contributed by atoms with Crippen molar-refractivity contribution in [1.82, 2.24) is 10.2 Å². The number of unbranched alkanes of at least 4 members (excludes halogenated alkanes) is 1. The summed E-state index contributed by atoms with van der Waals surface area (Å²) in [4.78, 5) is 29.9. The van der Waals surface area contributed by atoms with Crippen LogP contribution in [-0.4, -0.2) is 74.0 Å². The SMILES string of the molecule is CCCCN1CCC(Oc2ccc(C(=O)N(CCO)c3ccc(Oc4ccc(NC(=O)NC(CC)CC)cc4OC)cc3)cc2)CC1. The van der Waals surface area contributed by atoms with Gasteiger partial charge in [-0.15, -0.1) is 0 Å². The molecule has 1 aliphatic heterocycles. The molecule has 0 aliphatic carbocycles. The van der Waals surface area contributed by atoms with Gasteiger partial charge in [0.15, 0.2) is 11.5 Å². The highest BCUT2D eigenvalue weighted by molar-refractivity contribution is 6.06. The maximum Gasteiger partial charge on any atom is 0.319 e. The molecule has 254 valence electrons. The van der Waals surface area contributed by atoms with Gasteiger partial charge in [0, 0.05) is 48.7 Å². The third kappa shape index (κ3) is 10.4. The second-order valence-corrected chi connectivity index (χ2v) is 11.8. The number of aliphatic hydroxyl groups is 1. The molecule has 1 saturated heterocycles. The van der Waals surface area contributed by atoms with E-state index in [1.54, 1.807) is 59.5 Å².